The average Bonchev–Trinajstić information content (AvgIpc) is 3.09. The van der Waals surface area contributed by atoms with Crippen molar-refractivity contribution in [3.63, 3.8) is 0 Å². The summed E-state index contributed by atoms with van der Waals surface area (Å²) in [6.07, 6.45) is 9.52. The number of aromatic nitrogens is 1. The lowest BCUT2D eigenvalue weighted by Crippen LogP contribution is -2.24. The van der Waals surface area contributed by atoms with Crippen LogP contribution in [0, 0.1) is 0 Å². The first-order chi connectivity index (χ1) is 11.7. The summed E-state index contributed by atoms with van der Waals surface area (Å²) < 4.78 is 10.9. The normalized spacial score (nSPS) is 17.0. The summed E-state index contributed by atoms with van der Waals surface area (Å²) >= 11 is 6.18. The molecule has 1 amide bonds. The predicted molar refractivity (Wildman–Crippen MR) is 94.8 cm³/mol. The van der Waals surface area contributed by atoms with Crippen LogP contribution in [0.4, 0.5) is 0 Å². The standard InChI is InChI=1S/C18H27ClN2O3/c1-2-3-4-5-6-7-9-20-17(22)14-11-16(19)18(21-12-14)24-15-8-10-23-13-15/h11-12,15H,2-10,13H2,1H3,(H,20,22). The highest BCUT2D eigenvalue weighted by atomic mass is 35.5. The molecule has 0 radical (unpaired) electrons. The van der Waals surface area contributed by atoms with Crippen LogP contribution in [-0.4, -0.2) is 36.8 Å². The maximum atomic E-state index is 12.1. The summed E-state index contributed by atoms with van der Waals surface area (Å²) in [5.74, 6) is 0.216. The van der Waals surface area contributed by atoms with Crippen LogP contribution in [0.2, 0.25) is 5.02 Å². The molecular weight excluding hydrogens is 328 g/mol. The fourth-order valence-electron chi connectivity index (χ4n) is 2.61. The molecule has 1 N–H and O–H groups in total. The monoisotopic (exact) mass is 354 g/mol. The van der Waals surface area contributed by atoms with Crippen LogP contribution in [-0.2, 0) is 4.74 Å². The Morgan fingerprint density at radius 1 is 1.38 bits per heavy atom. The molecule has 2 rings (SSSR count). The van der Waals surface area contributed by atoms with Crippen molar-refractivity contribution in [1.29, 1.82) is 0 Å². The maximum Gasteiger partial charge on any atom is 0.252 e. The zero-order valence-electron chi connectivity index (χ0n) is 14.4. The van der Waals surface area contributed by atoms with Gasteiger partial charge < -0.3 is 14.8 Å². The molecule has 1 aromatic heterocycles. The summed E-state index contributed by atoms with van der Waals surface area (Å²) in [6.45, 7) is 4.14. The van der Waals surface area contributed by atoms with Gasteiger partial charge in [0.05, 0.1) is 18.8 Å². The van der Waals surface area contributed by atoms with Gasteiger partial charge in [0.25, 0.3) is 5.91 Å². The third kappa shape index (κ3) is 6.29. The number of hydrogen-bond acceptors (Lipinski definition) is 4. The molecule has 0 saturated carbocycles. The van der Waals surface area contributed by atoms with Crippen molar-refractivity contribution in [3.8, 4) is 5.88 Å². The summed E-state index contributed by atoms with van der Waals surface area (Å²) in [5, 5.41) is 3.27. The maximum absolute atomic E-state index is 12.1. The van der Waals surface area contributed by atoms with Crippen molar-refractivity contribution < 1.29 is 14.3 Å². The first kappa shape index (κ1) is 19.0. The average molecular weight is 355 g/mol. The quantitative estimate of drug-likeness (QED) is 0.645. The molecule has 6 heteroatoms. The van der Waals surface area contributed by atoms with Crippen LogP contribution in [0.5, 0.6) is 5.88 Å². The van der Waals surface area contributed by atoms with Crippen molar-refractivity contribution in [2.45, 2.75) is 58.0 Å². The van der Waals surface area contributed by atoms with Gasteiger partial charge in [0, 0.05) is 19.2 Å². The van der Waals surface area contributed by atoms with Crippen LogP contribution in [0.3, 0.4) is 0 Å². The highest BCUT2D eigenvalue weighted by molar-refractivity contribution is 6.32. The van der Waals surface area contributed by atoms with E-state index in [1.807, 2.05) is 0 Å². The highest BCUT2D eigenvalue weighted by Crippen LogP contribution is 2.25. The van der Waals surface area contributed by atoms with E-state index in [4.69, 9.17) is 21.1 Å². The van der Waals surface area contributed by atoms with Crippen molar-refractivity contribution >= 4 is 17.5 Å². The molecule has 0 spiro atoms. The van der Waals surface area contributed by atoms with Gasteiger partial charge in [-0.1, -0.05) is 50.6 Å². The SMILES string of the molecule is CCCCCCCCNC(=O)c1cnc(OC2CCOC2)c(Cl)c1. The third-order valence-corrected chi connectivity index (χ3v) is 4.32. The van der Waals surface area contributed by atoms with Gasteiger partial charge in [-0.15, -0.1) is 0 Å². The number of hydrogen-bond donors (Lipinski definition) is 1. The van der Waals surface area contributed by atoms with E-state index < -0.39 is 0 Å². The second-order valence-electron chi connectivity index (χ2n) is 6.14. The lowest BCUT2D eigenvalue weighted by Gasteiger charge is -2.12. The molecule has 1 aliphatic heterocycles. The number of rotatable bonds is 10. The molecule has 1 unspecified atom stereocenters. The molecule has 0 aromatic carbocycles. The molecule has 1 aliphatic rings. The van der Waals surface area contributed by atoms with E-state index in [0.29, 0.717) is 36.2 Å². The number of ether oxygens (including phenoxy) is 2. The lowest BCUT2D eigenvalue weighted by molar-refractivity contribution is 0.0952. The Labute approximate surface area is 149 Å². The van der Waals surface area contributed by atoms with Gasteiger partial charge in [-0.2, -0.15) is 0 Å². The third-order valence-electron chi connectivity index (χ3n) is 4.05. The Hall–Kier alpha value is -1.33. The Balaban J connectivity index is 1.72. The Morgan fingerprint density at radius 3 is 2.88 bits per heavy atom. The zero-order valence-corrected chi connectivity index (χ0v) is 15.1. The fraction of sp³-hybridized carbons (Fsp3) is 0.667. The van der Waals surface area contributed by atoms with Gasteiger partial charge >= 0.3 is 0 Å². The predicted octanol–water partition coefficient (Wildman–Crippen LogP) is 3.99. The van der Waals surface area contributed by atoms with Crippen molar-refractivity contribution in [2.75, 3.05) is 19.8 Å². The van der Waals surface area contributed by atoms with E-state index in [0.717, 1.165) is 19.3 Å². The first-order valence-electron chi connectivity index (χ1n) is 8.89. The number of nitrogens with zero attached hydrogens (tertiary/aromatic N) is 1. The minimum absolute atomic E-state index is 0.0117. The Bertz CT molecular complexity index is 519. The van der Waals surface area contributed by atoms with E-state index in [-0.39, 0.29) is 12.0 Å². The molecule has 24 heavy (non-hydrogen) atoms. The number of pyridine rings is 1. The van der Waals surface area contributed by atoms with E-state index in [1.165, 1.54) is 31.9 Å². The number of unbranched alkanes of at least 4 members (excludes halogenated alkanes) is 5. The van der Waals surface area contributed by atoms with Crippen LogP contribution in [0.15, 0.2) is 12.3 Å². The lowest BCUT2D eigenvalue weighted by atomic mass is 10.1. The van der Waals surface area contributed by atoms with E-state index in [1.54, 1.807) is 6.07 Å². The summed E-state index contributed by atoms with van der Waals surface area (Å²) in [6, 6.07) is 1.61. The number of amides is 1. The molecule has 0 bridgehead atoms. The van der Waals surface area contributed by atoms with E-state index >= 15 is 0 Å². The minimum atomic E-state index is -0.145. The number of halogens is 1. The highest BCUT2D eigenvalue weighted by Gasteiger charge is 2.19. The minimum Gasteiger partial charge on any atom is -0.471 e. The summed E-state index contributed by atoms with van der Waals surface area (Å²) in [5.41, 5.74) is 0.459. The smallest absolute Gasteiger partial charge is 0.252 e. The van der Waals surface area contributed by atoms with Gasteiger partial charge in [-0.05, 0) is 12.5 Å². The summed E-state index contributed by atoms with van der Waals surface area (Å²) in [7, 11) is 0. The second-order valence-corrected chi connectivity index (χ2v) is 6.55. The fourth-order valence-corrected chi connectivity index (χ4v) is 2.82. The molecular formula is C18H27ClN2O3. The Morgan fingerprint density at radius 2 is 2.17 bits per heavy atom. The van der Waals surface area contributed by atoms with E-state index in [2.05, 4.69) is 17.2 Å². The Kier molecular flexibility index (Phi) is 8.33. The van der Waals surface area contributed by atoms with Crippen molar-refractivity contribution in [3.05, 3.63) is 22.8 Å². The molecule has 134 valence electrons. The summed E-state index contributed by atoms with van der Waals surface area (Å²) in [4.78, 5) is 16.3. The molecule has 1 atom stereocenters. The van der Waals surface area contributed by atoms with Gasteiger partial charge in [-0.25, -0.2) is 4.98 Å². The van der Waals surface area contributed by atoms with Crippen molar-refractivity contribution in [1.82, 2.24) is 10.3 Å². The molecule has 1 fully saturated rings. The van der Waals surface area contributed by atoms with E-state index in [9.17, 15) is 4.79 Å². The first-order valence-corrected chi connectivity index (χ1v) is 9.26. The van der Waals surface area contributed by atoms with Gasteiger partial charge in [0.1, 0.15) is 11.1 Å². The van der Waals surface area contributed by atoms with Crippen LogP contribution in [0.1, 0.15) is 62.2 Å². The van der Waals surface area contributed by atoms with Gasteiger partial charge in [0.15, 0.2) is 0 Å². The zero-order chi connectivity index (χ0) is 17.2. The second kappa shape index (κ2) is 10.5. The topological polar surface area (TPSA) is 60.5 Å². The van der Waals surface area contributed by atoms with Crippen molar-refractivity contribution in [2.24, 2.45) is 0 Å². The molecule has 2 heterocycles. The molecule has 0 aliphatic carbocycles. The van der Waals surface area contributed by atoms with Crippen LogP contribution >= 0.6 is 11.6 Å². The van der Waals surface area contributed by atoms with Crippen LogP contribution in [0.25, 0.3) is 0 Å². The van der Waals surface area contributed by atoms with Gasteiger partial charge in [0.2, 0.25) is 5.88 Å². The molecule has 5 nitrogen and oxygen atoms in total. The molecule has 1 aromatic rings. The number of nitrogens with one attached hydrogen (secondary N) is 1. The molecule has 1 saturated heterocycles. The van der Waals surface area contributed by atoms with Gasteiger partial charge in [-0.3, -0.25) is 4.79 Å². The number of carbonyl (C=O) groups excluding carboxylic acids is 1. The number of carbonyl (C=O) groups is 1. The largest absolute Gasteiger partial charge is 0.471 e. The van der Waals surface area contributed by atoms with Crippen LogP contribution < -0.4 is 10.1 Å².